The first-order chi connectivity index (χ1) is 20.1. The summed E-state index contributed by atoms with van der Waals surface area (Å²) in [6, 6.07) is 22.8. The van der Waals surface area contributed by atoms with Gasteiger partial charge in [-0.05, 0) is 113 Å². The Bertz CT molecular complexity index is 1180. The van der Waals surface area contributed by atoms with E-state index in [4.69, 9.17) is 0 Å². The highest BCUT2D eigenvalue weighted by atomic mass is 28.3. The molecular weight excluding hydrogens is 521 g/mol. The van der Waals surface area contributed by atoms with Gasteiger partial charge in [0.25, 0.3) is 0 Å². The minimum atomic E-state index is -1.52. The molecule has 4 aliphatic rings. The highest BCUT2D eigenvalue weighted by Gasteiger charge is 2.61. The molecule has 6 rings (SSSR count). The quantitative estimate of drug-likeness (QED) is 0.297. The summed E-state index contributed by atoms with van der Waals surface area (Å²) in [5.74, 6) is 7.26. The lowest BCUT2D eigenvalue weighted by Crippen LogP contribution is -2.51. The fourth-order valence-electron chi connectivity index (χ4n) is 12.4. The molecule has 10 atom stereocenters. The molecule has 1 heteroatoms. The zero-order valence-electron chi connectivity index (χ0n) is 28.5. The molecule has 0 heterocycles. The second kappa shape index (κ2) is 11.9. The average molecular weight is 583 g/mol. The fourth-order valence-corrected chi connectivity index (χ4v) is 20.3. The maximum absolute atomic E-state index is 2.73. The van der Waals surface area contributed by atoms with Crippen LogP contribution in [0.4, 0.5) is 0 Å². The van der Waals surface area contributed by atoms with E-state index in [0.717, 1.165) is 58.4 Å². The zero-order chi connectivity index (χ0) is 29.8. The fraction of sp³-hybridized carbons (Fsp3) is 0.707. The van der Waals surface area contributed by atoms with E-state index >= 15 is 0 Å². The molecule has 4 aliphatic carbocycles. The number of rotatable bonds is 6. The number of hydrogen-bond acceptors (Lipinski definition) is 0. The highest BCUT2D eigenvalue weighted by Crippen LogP contribution is 2.68. The molecule has 0 spiro atoms. The second-order valence-corrected chi connectivity index (χ2v) is 22.1. The lowest BCUT2D eigenvalue weighted by Gasteiger charge is -2.52. The van der Waals surface area contributed by atoms with Gasteiger partial charge < -0.3 is 0 Å². The van der Waals surface area contributed by atoms with Crippen LogP contribution in [0.1, 0.15) is 134 Å². The first-order valence-electron chi connectivity index (χ1n) is 18.3. The third-order valence-electron chi connectivity index (χ3n) is 14.0. The summed E-state index contributed by atoms with van der Waals surface area (Å²) < 4.78 is 0. The van der Waals surface area contributed by atoms with Crippen molar-refractivity contribution < 1.29 is 0 Å². The van der Waals surface area contributed by atoms with Crippen molar-refractivity contribution in [1.82, 2.24) is 0 Å². The van der Waals surface area contributed by atoms with Gasteiger partial charge >= 0.3 is 0 Å². The molecule has 10 unspecified atom stereocenters. The van der Waals surface area contributed by atoms with Crippen molar-refractivity contribution in [3.05, 3.63) is 70.8 Å². The molecule has 0 radical (unpaired) electrons. The maximum atomic E-state index is 2.73. The van der Waals surface area contributed by atoms with Gasteiger partial charge in [0.05, 0.1) is 8.07 Å². The van der Waals surface area contributed by atoms with E-state index in [1.165, 1.54) is 74.6 Å². The first kappa shape index (κ1) is 30.7. The number of aryl methyl sites for hydroxylation is 1. The molecule has 0 N–H and O–H groups in total. The van der Waals surface area contributed by atoms with Crippen molar-refractivity contribution in [2.24, 2.45) is 35.5 Å². The van der Waals surface area contributed by atoms with E-state index in [2.05, 4.69) is 104 Å². The van der Waals surface area contributed by atoms with Gasteiger partial charge in [-0.2, -0.15) is 0 Å². The van der Waals surface area contributed by atoms with Gasteiger partial charge in [-0.1, -0.05) is 140 Å². The Morgan fingerprint density at radius 2 is 1.05 bits per heavy atom. The van der Waals surface area contributed by atoms with Crippen LogP contribution in [0.2, 0.25) is 23.2 Å². The molecule has 0 aliphatic heterocycles. The molecule has 0 bridgehead atoms. The molecule has 4 saturated carbocycles. The predicted molar refractivity (Wildman–Crippen MR) is 185 cm³/mol. The van der Waals surface area contributed by atoms with E-state index < -0.39 is 8.07 Å². The predicted octanol–water partition coefficient (Wildman–Crippen LogP) is 12.3. The van der Waals surface area contributed by atoms with Gasteiger partial charge in [0.1, 0.15) is 0 Å². The Labute approximate surface area is 260 Å². The molecule has 4 fully saturated rings. The summed E-state index contributed by atoms with van der Waals surface area (Å²) in [6.07, 6.45) is 11.8. The van der Waals surface area contributed by atoms with Crippen LogP contribution < -0.4 is 0 Å². The minimum absolute atomic E-state index is 0.238. The van der Waals surface area contributed by atoms with E-state index in [9.17, 15) is 0 Å². The monoisotopic (exact) mass is 582 g/mol. The summed E-state index contributed by atoms with van der Waals surface area (Å²) in [5.41, 5.74) is 8.54. The average Bonchev–Trinajstić information content (AvgIpc) is 3.51. The van der Waals surface area contributed by atoms with Crippen LogP contribution in [0.3, 0.4) is 0 Å². The van der Waals surface area contributed by atoms with Gasteiger partial charge in [0.2, 0.25) is 0 Å². The molecule has 230 valence electrons. The van der Waals surface area contributed by atoms with Crippen LogP contribution in [0, 0.1) is 42.4 Å². The Balaban J connectivity index is 1.30. The Morgan fingerprint density at radius 3 is 1.45 bits per heavy atom. The Morgan fingerprint density at radius 1 is 0.619 bits per heavy atom. The topological polar surface area (TPSA) is 0 Å². The Kier molecular flexibility index (Phi) is 8.67. The standard InChI is InChI=1S/C41H62Si/c1-9-42(10-2,39-28(4)25-37-33(13-11-15-35(37)39)30-19-17-27(3)18-20-30)40-29(5)26-38-34(14-12-16-36(38)40)31-21-23-32(24-22-31)41(6,7)8/h17-24,28-29,33-40H,9-16,25-26H2,1-8H3. The van der Waals surface area contributed by atoms with Crippen molar-refractivity contribution in [1.29, 1.82) is 0 Å². The molecule has 2 aromatic rings. The van der Waals surface area contributed by atoms with E-state index in [1.807, 2.05) is 0 Å². The van der Waals surface area contributed by atoms with Gasteiger partial charge in [0.15, 0.2) is 0 Å². The zero-order valence-corrected chi connectivity index (χ0v) is 29.5. The summed E-state index contributed by atoms with van der Waals surface area (Å²) in [4.78, 5) is 0. The van der Waals surface area contributed by atoms with Gasteiger partial charge in [-0.15, -0.1) is 0 Å². The molecule has 0 amide bonds. The highest BCUT2D eigenvalue weighted by molar-refractivity contribution is 6.82. The summed E-state index contributed by atoms with van der Waals surface area (Å²) >= 11 is 0. The minimum Gasteiger partial charge on any atom is -0.0678 e. The van der Waals surface area contributed by atoms with Gasteiger partial charge in [-0.25, -0.2) is 0 Å². The van der Waals surface area contributed by atoms with E-state index in [0.29, 0.717) is 0 Å². The summed E-state index contributed by atoms with van der Waals surface area (Å²) in [7, 11) is -1.52. The van der Waals surface area contributed by atoms with Crippen LogP contribution in [0.5, 0.6) is 0 Å². The third-order valence-corrected chi connectivity index (χ3v) is 21.3. The lowest BCUT2D eigenvalue weighted by molar-refractivity contribution is 0.225. The molecule has 0 aromatic heterocycles. The van der Waals surface area contributed by atoms with Crippen molar-refractivity contribution in [2.45, 2.75) is 147 Å². The van der Waals surface area contributed by atoms with Crippen molar-refractivity contribution in [3.63, 3.8) is 0 Å². The second-order valence-electron chi connectivity index (χ2n) is 16.9. The van der Waals surface area contributed by atoms with Crippen LogP contribution in [-0.4, -0.2) is 8.07 Å². The number of hydrogen-bond donors (Lipinski definition) is 0. The smallest absolute Gasteiger partial charge is 0.0603 e. The molecule has 0 saturated heterocycles. The normalized spacial score (nSPS) is 37.0. The Hall–Kier alpha value is -1.34. The van der Waals surface area contributed by atoms with Crippen molar-refractivity contribution in [3.8, 4) is 0 Å². The van der Waals surface area contributed by atoms with E-state index in [-0.39, 0.29) is 5.41 Å². The molecule has 2 aromatic carbocycles. The van der Waals surface area contributed by atoms with Crippen LogP contribution in [0.25, 0.3) is 0 Å². The SMILES string of the molecule is CC[Si](CC)(C1C(C)CC2C(c3ccc(C)cc3)CCCC21)C1C(C)CC2C(c3ccc(C(C)(C)C)cc3)CCCC21. The van der Waals surface area contributed by atoms with Crippen molar-refractivity contribution >= 4 is 8.07 Å². The van der Waals surface area contributed by atoms with Gasteiger partial charge in [0, 0.05) is 0 Å². The largest absolute Gasteiger partial charge is 0.0678 e. The number of fused-ring (bicyclic) bond motifs is 2. The van der Waals surface area contributed by atoms with E-state index in [1.54, 1.807) is 11.1 Å². The van der Waals surface area contributed by atoms with Gasteiger partial charge in [-0.3, -0.25) is 0 Å². The molecular formula is C41H62Si. The number of benzene rings is 2. The first-order valence-corrected chi connectivity index (χ1v) is 20.8. The van der Waals surface area contributed by atoms with Crippen LogP contribution in [0.15, 0.2) is 48.5 Å². The molecule has 0 nitrogen and oxygen atoms in total. The summed E-state index contributed by atoms with van der Waals surface area (Å²) in [5, 5.41) is 0. The van der Waals surface area contributed by atoms with Crippen LogP contribution >= 0.6 is 0 Å². The summed E-state index contributed by atoms with van der Waals surface area (Å²) in [6.45, 7) is 20.1. The van der Waals surface area contributed by atoms with Crippen LogP contribution in [-0.2, 0) is 5.41 Å². The van der Waals surface area contributed by atoms with Crippen molar-refractivity contribution in [2.75, 3.05) is 0 Å². The lowest BCUT2D eigenvalue weighted by atomic mass is 9.70. The molecule has 42 heavy (non-hydrogen) atoms. The third kappa shape index (κ3) is 5.20. The maximum Gasteiger partial charge on any atom is 0.0603 e.